The predicted octanol–water partition coefficient (Wildman–Crippen LogP) is 6.50. The molecule has 0 N–H and O–H groups in total. The average Bonchev–Trinajstić information content (AvgIpc) is 2.80. The Morgan fingerprint density at radius 2 is 1.90 bits per heavy atom. The van der Waals surface area contributed by atoms with E-state index in [0.29, 0.717) is 5.02 Å². The maximum Gasteiger partial charge on any atom is 0.132 e. The van der Waals surface area contributed by atoms with Gasteiger partial charge >= 0.3 is 0 Å². The Hall–Kier alpha value is -0.550. The van der Waals surface area contributed by atoms with Gasteiger partial charge in [-0.05, 0) is 59.3 Å². The van der Waals surface area contributed by atoms with Crippen LogP contribution in [0.5, 0.6) is 0 Å². The van der Waals surface area contributed by atoms with Gasteiger partial charge in [-0.25, -0.2) is 4.98 Å². The molecule has 1 atom stereocenters. The van der Waals surface area contributed by atoms with Crippen LogP contribution in [0, 0.1) is 0 Å². The number of alkyl halides is 1. The van der Waals surface area contributed by atoms with Crippen LogP contribution in [-0.4, -0.2) is 9.55 Å². The Kier molecular flexibility index (Phi) is 4.33. The Bertz CT molecular complexity index is 828. The van der Waals surface area contributed by atoms with Crippen molar-refractivity contribution in [3.63, 3.8) is 0 Å². The highest BCUT2D eigenvalue weighted by molar-refractivity contribution is 9.10. The smallest absolute Gasteiger partial charge is 0.132 e. The molecule has 1 unspecified atom stereocenters. The highest BCUT2D eigenvalue weighted by Gasteiger charge is 2.17. The highest BCUT2D eigenvalue weighted by Crippen LogP contribution is 2.32. The van der Waals surface area contributed by atoms with Crippen LogP contribution in [0.4, 0.5) is 0 Å². The predicted molar refractivity (Wildman–Crippen MR) is 95.7 cm³/mol. The molecule has 0 amide bonds. The summed E-state index contributed by atoms with van der Waals surface area (Å²) < 4.78 is 3.89. The van der Waals surface area contributed by atoms with Crippen LogP contribution in [0.15, 0.2) is 45.3 Å². The number of benzene rings is 2. The summed E-state index contributed by atoms with van der Waals surface area (Å²) in [5, 5.41) is 0.441. The van der Waals surface area contributed by atoms with Gasteiger partial charge in [-0.15, -0.1) is 11.6 Å². The Balaban J connectivity index is 2.35. The van der Waals surface area contributed by atoms with Crippen molar-refractivity contribution in [1.29, 1.82) is 0 Å². The molecule has 0 aliphatic carbocycles. The summed E-state index contributed by atoms with van der Waals surface area (Å²) in [4.78, 5) is 4.64. The number of nitrogens with zero attached hydrogens (tertiary/aromatic N) is 2. The fourth-order valence-electron chi connectivity index (χ4n) is 2.23. The van der Waals surface area contributed by atoms with Gasteiger partial charge in [0.2, 0.25) is 0 Å². The molecule has 21 heavy (non-hydrogen) atoms. The van der Waals surface area contributed by atoms with E-state index >= 15 is 0 Å². The van der Waals surface area contributed by atoms with Crippen LogP contribution in [0.3, 0.4) is 0 Å². The van der Waals surface area contributed by atoms with Crippen molar-refractivity contribution in [3.8, 4) is 5.69 Å². The SMILES string of the molecule is CC(Cl)c1nc2ccc(Br)cc2n1-c1ccc(Br)c(Cl)c1. The van der Waals surface area contributed by atoms with Crippen LogP contribution in [-0.2, 0) is 0 Å². The third-order valence-electron chi connectivity index (χ3n) is 3.16. The van der Waals surface area contributed by atoms with Crippen LogP contribution >= 0.6 is 55.1 Å². The van der Waals surface area contributed by atoms with Crippen LogP contribution < -0.4 is 0 Å². The zero-order valence-corrected chi connectivity index (χ0v) is 15.6. The molecule has 2 nitrogen and oxygen atoms in total. The third kappa shape index (κ3) is 2.87. The second-order valence-corrected chi connectivity index (χ2v) is 7.48. The van der Waals surface area contributed by atoms with Crippen LogP contribution in [0.2, 0.25) is 5.02 Å². The second kappa shape index (κ2) is 5.92. The molecule has 0 radical (unpaired) electrons. The minimum Gasteiger partial charge on any atom is -0.295 e. The minimum atomic E-state index is -0.210. The maximum atomic E-state index is 6.30. The van der Waals surface area contributed by atoms with Gasteiger partial charge in [0.05, 0.1) is 21.4 Å². The number of imidazole rings is 1. The summed E-state index contributed by atoms with van der Waals surface area (Å²) >= 11 is 19.4. The summed E-state index contributed by atoms with van der Waals surface area (Å²) in [7, 11) is 0. The van der Waals surface area contributed by atoms with Gasteiger partial charge in [0.1, 0.15) is 5.82 Å². The molecular formula is C15H10Br2Cl2N2. The van der Waals surface area contributed by atoms with E-state index in [0.717, 1.165) is 31.5 Å². The molecule has 0 aliphatic rings. The largest absolute Gasteiger partial charge is 0.295 e. The lowest BCUT2D eigenvalue weighted by molar-refractivity contribution is 0.882. The molecule has 0 saturated carbocycles. The first-order chi connectivity index (χ1) is 9.97. The van der Waals surface area contributed by atoms with Gasteiger partial charge in [0.15, 0.2) is 0 Å². The van der Waals surface area contributed by atoms with E-state index in [1.807, 2.05) is 47.9 Å². The van der Waals surface area contributed by atoms with E-state index < -0.39 is 0 Å². The van der Waals surface area contributed by atoms with Crippen molar-refractivity contribution in [2.75, 3.05) is 0 Å². The fraction of sp³-hybridized carbons (Fsp3) is 0.133. The van der Waals surface area contributed by atoms with Gasteiger partial charge in [-0.3, -0.25) is 4.57 Å². The maximum absolute atomic E-state index is 6.30. The van der Waals surface area contributed by atoms with Gasteiger partial charge in [-0.2, -0.15) is 0 Å². The molecule has 0 bridgehead atoms. The van der Waals surface area contributed by atoms with Gasteiger partial charge in [0.25, 0.3) is 0 Å². The lowest BCUT2D eigenvalue weighted by atomic mass is 10.2. The van der Waals surface area contributed by atoms with Crippen LogP contribution in [0.25, 0.3) is 16.7 Å². The summed E-state index contributed by atoms with van der Waals surface area (Å²) in [5.41, 5.74) is 2.83. The first-order valence-electron chi connectivity index (χ1n) is 6.25. The molecule has 0 saturated heterocycles. The van der Waals surface area contributed by atoms with Crippen molar-refractivity contribution >= 4 is 66.1 Å². The molecule has 0 aliphatic heterocycles. The van der Waals surface area contributed by atoms with E-state index in [2.05, 4.69) is 36.8 Å². The third-order valence-corrected chi connectivity index (χ3v) is 5.08. The molecule has 0 spiro atoms. The number of aromatic nitrogens is 2. The van der Waals surface area contributed by atoms with Gasteiger partial charge in [0, 0.05) is 14.6 Å². The van der Waals surface area contributed by atoms with E-state index in [9.17, 15) is 0 Å². The number of halogens is 4. The van der Waals surface area contributed by atoms with Crippen molar-refractivity contribution in [2.45, 2.75) is 12.3 Å². The molecule has 3 rings (SSSR count). The first kappa shape index (κ1) is 15.3. The second-order valence-electron chi connectivity index (χ2n) is 4.65. The van der Waals surface area contributed by atoms with Gasteiger partial charge < -0.3 is 0 Å². The summed E-state index contributed by atoms with van der Waals surface area (Å²) in [5.74, 6) is 0.795. The number of rotatable bonds is 2. The Labute approximate surface area is 149 Å². The van der Waals surface area contributed by atoms with Crippen molar-refractivity contribution in [2.24, 2.45) is 0 Å². The monoisotopic (exact) mass is 446 g/mol. The molecule has 3 aromatic rings. The van der Waals surface area contributed by atoms with Crippen LogP contribution in [0.1, 0.15) is 18.1 Å². The number of hydrogen-bond donors (Lipinski definition) is 0. The van der Waals surface area contributed by atoms with Crippen molar-refractivity contribution < 1.29 is 0 Å². The zero-order valence-electron chi connectivity index (χ0n) is 10.9. The zero-order chi connectivity index (χ0) is 15.1. The number of hydrogen-bond acceptors (Lipinski definition) is 1. The quantitative estimate of drug-likeness (QED) is 0.409. The lowest BCUT2D eigenvalue weighted by Crippen LogP contribution is -2.02. The van der Waals surface area contributed by atoms with E-state index in [1.54, 1.807) is 0 Å². The molecule has 2 aromatic carbocycles. The Morgan fingerprint density at radius 1 is 1.14 bits per heavy atom. The highest BCUT2D eigenvalue weighted by atomic mass is 79.9. The summed E-state index contributed by atoms with van der Waals surface area (Å²) in [6, 6.07) is 11.8. The molecule has 6 heteroatoms. The molecule has 1 heterocycles. The van der Waals surface area contributed by atoms with Gasteiger partial charge in [-0.1, -0.05) is 27.5 Å². The molecular weight excluding hydrogens is 439 g/mol. The standard InChI is InChI=1S/C15H10Br2Cl2N2/c1-8(18)15-20-13-5-2-9(16)6-14(13)21(15)10-3-4-11(17)12(19)7-10/h2-8H,1H3. The minimum absolute atomic E-state index is 0.210. The molecule has 0 fully saturated rings. The van der Waals surface area contributed by atoms with E-state index in [-0.39, 0.29) is 5.38 Å². The normalized spacial score (nSPS) is 12.8. The molecule has 1 aromatic heterocycles. The van der Waals surface area contributed by atoms with E-state index in [4.69, 9.17) is 23.2 Å². The first-order valence-corrected chi connectivity index (χ1v) is 8.65. The summed E-state index contributed by atoms with van der Waals surface area (Å²) in [6.07, 6.45) is 0. The fourth-order valence-corrected chi connectivity index (χ4v) is 3.15. The Morgan fingerprint density at radius 3 is 2.57 bits per heavy atom. The molecule has 108 valence electrons. The van der Waals surface area contributed by atoms with Crippen molar-refractivity contribution in [1.82, 2.24) is 9.55 Å². The number of fused-ring (bicyclic) bond motifs is 1. The topological polar surface area (TPSA) is 17.8 Å². The van der Waals surface area contributed by atoms with E-state index in [1.165, 1.54) is 0 Å². The summed E-state index contributed by atoms with van der Waals surface area (Å²) in [6.45, 7) is 1.91. The van der Waals surface area contributed by atoms with Crippen molar-refractivity contribution in [3.05, 3.63) is 56.2 Å². The average molecular weight is 449 g/mol. The lowest BCUT2D eigenvalue weighted by Gasteiger charge is -2.11.